The zero-order valence-electron chi connectivity index (χ0n) is 16.7. The minimum absolute atomic E-state index is 0.0761. The summed E-state index contributed by atoms with van der Waals surface area (Å²) < 4.78 is 14.9. The molecule has 1 fully saturated rings. The largest absolute Gasteiger partial charge is 0.375 e. The molecule has 148 valence electrons. The van der Waals surface area contributed by atoms with Crippen LogP contribution in [0.3, 0.4) is 0 Å². The van der Waals surface area contributed by atoms with Gasteiger partial charge in [0.1, 0.15) is 0 Å². The van der Waals surface area contributed by atoms with Gasteiger partial charge >= 0.3 is 0 Å². The first kappa shape index (κ1) is 18.7. The first-order chi connectivity index (χ1) is 14.3. The highest BCUT2D eigenvalue weighted by Crippen LogP contribution is 2.56. The van der Waals surface area contributed by atoms with Crippen molar-refractivity contribution in [3.63, 3.8) is 0 Å². The average molecular weight is 401 g/mol. The summed E-state index contributed by atoms with van der Waals surface area (Å²) in [6.45, 7) is 0. The van der Waals surface area contributed by atoms with Gasteiger partial charge in [0.25, 0.3) is 0 Å². The lowest BCUT2D eigenvalue weighted by Gasteiger charge is -2.40. The number of rotatable bonds is 4. The van der Waals surface area contributed by atoms with Crippen LogP contribution in [0.25, 0.3) is 0 Å². The first-order valence-corrected chi connectivity index (χ1v) is 12.6. The number of hydrogen-bond acceptors (Lipinski definition) is 2. The van der Waals surface area contributed by atoms with E-state index in [4.69, 9.17) is 0 Å². The van der Waals surface area contributed by atoms with Crippen molar-refractivity contribution in [1.82, 2.24) is 0 Å². The Morgan fingerprint density at radius 2 is 1.28 bits per heavy atom. The maximum absolute atomic E-state index is 14.9. The Labute approximate surface area is 173 Å². The van der Waals surface area contributed by atoms with Gasteiger partial charge in [-0.2, -0.15) is 0 Å². The fraction of sp³-hybridized carbons (Fsp3) is 0.308. The predicted octanol–water partition coefficient (Wildman–Crippen LogP) is 6.12. The summed E-state index contributed by atoms with van der Waals surface area (Å²) in [5, 5.41) is 5.63. The number of hydrogen-bond donors (Lipinski definition) is 1. The van der Waals surface area contributed by atoms with E-state index in [9.17, 15) is 4.57 Å². The van der Waals surface area contributed by atoms with E-state index in [2.05, 4.69) is 29.6 Å². The van der Waals surface area contributed by atoms with Gasteiger partial charge in [-0.3, -0.25) is 0 Å². The molecule has 0 saturated heterocycles. The molecule has 2 atom stereocenters. The standard InChI is InChI=1S/C26H28NOP/c28-29(21-13-3-1-4-14-21,22-15-5-2-6-16-22)26-19-24(20-11-7-8-12-20)23-17-9-10-18-25(23)27-26/h1-6,9-10,13-18,20,24,26-27H,7-8,11-12,19H2. The van der Waals surface area contributed by atoms with E-state index >= 15 is 0 Å². The third-order valence-electron chi connectivity index (χ3n) is 6.85. The van der Waals surface area contributed by atoms with E-state index in [-0.39, 0.29) is 5.78 Å². The van der Waals surface area contributed by atoms with Crippen LogP contribution in [-0.2, 0) is 4.57 Å². The highest BCUT2D eigenvalue weighted by molar-refractivity contribution is 7.79. The molecule has 3 aromatic carbocycles. The molecule has 2 aliphatic rings. The van der Waals surface area contributed by atoms with E-state index in [1.54, 1.807) is 0 Å². The van der Waals surface area contributed by atoms with Crippen molar-refractivity contribution in [1.29, 1.82) is 0 Å². The van der Waals surface area contributed by atoms with Gasteiger partial charge in [0, 0.05) is 16.3 Å². The first-order valence-electron chi connectivity index (χ1n) is 10.8. The Morgan fingerprint density at radius 3 is 1.90 bits per heavy atom. The summed E-state index contributed by atoms with van der Waals surface area (Å²) in [5.41, 5.74) is 2.59. The second kappa shape index (κ2) is 7.84. The fourth-order valence-corrected chi connectivity index (χ4v) is 8.50. The molecule has 1 heterocycles. The highest BCUT2D eigenvalue weighted by atomic mass is 31.2. The summed E-state index contributed by atoms with van der Waals surface area (Å²) in [6, 6.07) is 28.9. The van der Waals surface area contributed by atoms with E-state index in [1.165, 1.54) is 36.9 Å². The molecule has 1 aliphatic carbocycles. The summed E-state index contributed by atoms with van der Waals surface area (Å²) in [7, 11) is -2.84. The van der Waals surface area contributed by atoms with Crippen LogP contribution in [0.5, 0.6) is 0 Å². The van der Waals surface area contributed by atoms with Crippen LogP contribution in [0, 0.1) is 5.92 Å². The second-order valence-corrected chi connectivity index (χ2v) is 11.4. The Bertz CT molecular complexity index is 968. The van der Waals surface area contributed by atoms with E-state index in [0.717, 1.165) is 17.0 Å². The van der Waals surface area contributed by atoms with Gasteiger partial charge in [-0.15, -0.1) is 0 Å². The van der Waals surface area contributed by atoms with Crippen molar-refractivity contribution in [2.75, 3.05) is 5.32 Å². The van der Waals surface area contributed by atoms with Crippen molar-refractivity contribution >= 4 is 23.4 Å². The van der Waals surface area contributed by atoms with Gasteiger partial charge < -0.3 is 9.88 Å². The minimum Gasteiger partial charge on any atom is -0.375 e. The Balaban J connectivity index is 1.63. The molecular weight excluding hydrogens is 373 g/mol. The maximum Gasteiger partial charge on any atom is 0.164 e. The topological polar surface area (TPSA) is 29.1 Å². The van der Waals surface area contributed by atoms with Gasteiger partial charge in [0.2, 0.25) is 0 Å². The molecule has 1 aliphatic heterocycles. The van der Waals surface area contributed by atoms with Crippen LogP contribution in [0.15, 0.2) is 84.9 Å². The Kier molecular flexibility index (Phi) is 5.06. The van der Waals surface area contributed by atoms with Crippen molar-refractivity contribution in [2.45, 2.75) is 43.8 Å². The molecule has 3 aromatic rings. The smallest absolute Gasteiger partial charge is 0.164 e. The van der Waals surface area contributed by atoms with E-state index in [1.807, 2.05) is 60.7 Å². The molecule has 0 aromatic heterocycles. The monoisotopic (exact) mass is 401 g/mol. The molecule has 1 N–H and O–H groups in total. The summed E-state index contributed by atoms with van der Waals surface area (Å²) in [6.07, 6.45) is 6.19. The SMILES string of the molecule is O=P(c1ccccc1)(c1ccccc1)C1CC(C2CCCC2)c2ccccc2N1. The van der Waals surface area contributed by atoms with Gasteiger partial charge in [-0.05, 0) is 42.7 Å². The third-order valence-corrected chi connectivity index (χ3v) is 10.2. The van der Waals surface area contributed by atoms with Crippen LogP contribution >= 0.6 is 7.14 Å². The normalized spacial score (nSPS) is 22.1. The quantitative estimate of drug-likeness (QED) is 0.534. The van der Waals surface area contributed by atoms with Crippen LogP contribution in [0.1, 0.15) is 43.6 Å². The summed E-state index contributed by atoms with van der Waals surface area (Å²) in [5.74, 6) is 1.12. The molecular formula is C26H28NOP. The molecule has 0 amide bonds. The zero-order valence-corrected chi connectivity index (χ0v) is 17.6. The van der Waals surface area contributed by atoms with Crippen molar-refractivity contribution in [2.24, 2.45) is 5.92 Å². The fourth-order valence-electron chi connectivity index (χ4n) is 5.41. The van der Waals surface area contributed by atoms with Crippen LogP contribution in [-0.4, -0.2) is 5.78 Å². The minimum atomic E-state index is -2.84. The highest BCUT2D eigenvalue weighted by Gasteiger charge is 2.43. The van der Waals surface area contributed by atoms with Crippen molar-refractivity contribution < 1.29 is 4.57 Å². The molecule has 0 bridgehead atoms. The lowest BCUT2D eigenvalue weighted by atomic mass is 9.80. The van der Waals surface area contributed by atoms with Gasteiger partial charge in [0.15, 0.2) is 7.14 Å². The molecule has 0 radical (unpaired) electrons. The third kappa shape index (κ3) is 3.34. The lowest BCUT2D eigenvalue weighted by molar-refractivity contribution is 0.402. The number of benzene rings is 3. The molecule has 3 heteroatoms. The maximum atomic E-state index is 14.9. The number of nitrogens with one attached hydrogen (secondary N) is 1. The molecule has 29 heavy (non-hydrogen) atoms. The summed E-state index contributed by atoms with van der Waals surface area (Å²) in [4.78, 5) is 0. The Hall–Kier alpha value is -2.31. The van der Waals surface area contributed by atoms with E-state index < -0.39 is 7.14 Å². The zero-order chi connectivity index (χ0) is 19.7. The molecule has 2 unspecified atom stereocenters. The van der Waals surface area contributed by atoms with Gasteiger partial charge in [0.05, 0.1) is 5.78 Å². The Morgan fingerprint density at radius 1 is 0.724 bits per heavy atom. The van der Waals surface area contributed by atoms with Gasteiger partial charge in [-0.25, -0.2) is 0 Å². The van der Waals surface area contributed by atoms with Crippen LogP contribution in [0.4, 0.5) is 5.69 Å². The molecule has 2 nitrogen and oxygen atoms in total. The van der Waals surface area contributed by atoms with Crippen LogP contribution < -0.4 is 15.9 Å². The number of para-hydroxylation sites is 1. The van der Waals surface area contributed by atoms with Crippen molar-refractivity contribution in [3.05, 3.63) is 90.5 Å². The predicted molar refractivity (Wildman–Crippen MR) is 123 cm³/mol. The number of fused-ring (bicyclic) bond motifs is 1. The molecule has 0 spiro atoms. The van der Waals surface area contributed by atoms with Gasteiger partial charge in [-0.1, -0.05) is 91.7 Å². The van der Waals surface area contributed by atoms with Crippen LogP contribution in [0.2, 0.25) is 0 Å². The lowest BCUT2D eigenvalue weighted by Crippen LogP contribution is -2.37. The van der Waals surface area contributed by atoms with Crippen molar-refractivity contribution in [3.8, 4) is 0 Å². The molecule has 5 rings (SSSR count). The second-order valence-electron chi connectivity index (χ2n) is 8.46. The molecule has 1 saturated carbocycles. The summed E-state index contributed by atoms with van der Waals surface area (Å²) >= 11 is 0. The van der Waals surface area contributed by atoms with E-state index in [0.29, 0.717) is 11.8 Å². The number of anilines is 1. The average Bonchev–Trinajstić information content (AvgIpc) is 3.34.